The first kappa shape index (κ1) is 11.4. The summed E-state index contributed by atoms with van der Waals surface area (Å²) >= 11 is 5.65. The fourth-order valence-corrected chi connectivity index (χ4v) is 0.869. The minimum absolute atomic E-state index is 0.755. The number of unbranched alkanes of at least 4 members (excludes halogenated alkanes) is 1. The Kier molecular flexibility index (Phi) is 6.78. The number of hydrogen-bond acceptors (Lipinski definition) is 1. The summed E-state index contributed by atoms with van der Waals surface area (Å²) in [6.45, 7) is 3.98. The molecule has 0 saturated heterocycles. The van der Waals surface area contributed by atoms with Crippen molar-refractivity contribution in [3.63, 3.8) is 0 Å². The lowest BCUT2D eigenvalue weighted by atomic mass is 10.1. The van der Waals surface area contributed by atoms with Gasteiger partial charge in [0.2, 0.25) is 0 Å². The van der Waals surface area contributed by atoms with Crippen LogP contribution in [0.4, 0.5) is 0 Å². The maximum Gasteiger partial charge on any atom is 0.0209 e. The van der Waals surface area contributed by atoms with Crippen LogP contribution in [0.25, 0.3) is 0 Å². The van der Waals surface area contributed by atoms with Crippen LogP contribution < -0.4 is 0 Å². The summed E-state index contributed by atoms with van der Waals surface area (Å²) in [5.74, 6) is 0. The van der Waals surface area contributed by atoms with Crippen molar-refractivity contribution in [2.45, 2.75) is 33.1 Å². The van der Waals surface area contributed by atoms with Crippen LogP contribution in [0.5, 0.6) is 0 Å². The molecule has 0 radical (unpaired) electrons. The second-order valence-corrected chi connectivity index (χ2v) is 3.34. The first-order valence-corrected chi connectivity index (χ1v) is 4.62. The molecule has 0 heterocycles. The van der Waals surface area contributed by atoms with Gasteiger partial charge in [-0.25, -0.2) is 0 Å². The van der Waals surface area contributed by atoms with Crippen molar-refractivity contribution in [2.24, 2.45) is 0 Å². The van der Waals surface area contributed by atoms with Crippen molar-refractivity contribution in [3.8, 4) is 0 Å². The highest BCUT2D eigenvalue weighted by molar-refractivity contribution is 6.29. The summed E-state index contributed by atoms with van der Waals surface area (Å²) in [5, 5.41) is 7.87. The molecule has 0 aromatic heterocycles. The monoisotopic (exact) mass is 185 g/mol. The molecule has 0 aromatic rings. The molecule has 0 aliphatic rings. The Morgan fingerprint density at radius 1 is 1.42 bits per heavy atom. The van der Waals surface area contributed by atoms with Gasteiger partial charge in [-0.15, -0.1) is 0 Å². The van der Waals surface area contributed by atoms with Crippen molar-refractivity contribution in [2.75, 3.05) is 0 Å². The van der Waals surface area contributed by atoms with E-state index in [0.29, 0.717) is 0 Å². The van der Waals surface area contributed by atoms with E-state index in [2.05, 4.69) is 6.92 Å². The second-order valence-electron chi connectivity index (χ2n) is 2.74. The molecule has 0 aliphatic heterocycles. The van der Waals surface area contributed by atoms with Gasteiger partial charge in [0.25, 0.3) is 0 Å². The molecule has 0 saturated carbocycles. The van der Waals surface area contributed by atoms with E-state index in [1.807, 2.05) is 19.1 Å². The van der Waals surface area contributed by atoms with Gasteiger partial charge in [0.1, 0.15) is 0 Å². The molecule has 0 aliphatic carbocycles. The van der Waals surface area contributed by atoms with Crippen molar-refractivity contribution in [1.29, 1.82) is 5.41 Å². The van der Waals surface area contributed by atoms with Crippen molar-refractivity contribution < 1.29 is 0 Å². The summed E-state index contributed by atoms with van der Waals surface area (Å²) in [7, 11) is 0. The van der Waals surface area contributed by atoms with Gasteiger partial charge in [0, 0.05) is 11.2 Å². The number of halogens is 1. The molecule has 0 rings (SSSR count). The molecular weight excluding hydrogens is 170 g/mol. The zero-order chi connectivity index (χ0) is 9.40. The molecular formula is C10H16ClN. The molecule has 0 spiro atoms. The fourth-order valence-electron chi connectivity index (χ4n) is 0.806. The van der Waals surface area contributed by atoms with E-state index >= 15 is 0 Å². The van der Waals surface area contributed by atoms with Crippen LogP contribution in [-0.4, -0.2) is 6.21 Å². The Bertz CT molecular complexity index is 188. The smallest absolute Gasteiger partial charge is 0.0209 e. The fraction of sp³-hybridized carbons (Fsp3) is 0.500. The molecule has 68 valence electrons. The molecule has 1 nitrogen and oxygen atoms in total. The minimum Gasteiger partial charge on any atom is -0.308 e. The van der Waals surface area contributed by atoms with Crippen molar-refractivity contribution in [1.82, 2.24) is 0 Å². The van der Waals surface area contributed by atoms with E-state index < -0.39 is 0 Å². The Hall–Kier alpha value is -0.560. The predicted octanol–water partition coefficient (Wildman–Crippen LogP) is 3.90. The highest BCUT2D eigenvalue weighted by Gasteiger charge is 1.90. The SMILES string of the molecule is CCCC/C(C=N)=C/C=C(\C)Cl. The molecule has 2 heteroatoms. The summed E-state index contributed by atoms with van der Waals surface area (Å²) in [4.78, 5) is 0. The average molecular weight is 186 g/mol. The van der Waals surface area contributed by atoms with Crippen LogP contribution in [-0.2, 0) is 0 Å². The third kappa shape index (κ3) is 6.17. The highest BCUT2D eigenvalue weighted by Crippen LogP contribution is 2.06. The maximum atomic E-state index is 7.12. The van der Waals surface area contributed by atoms with Gasteiger partial charge in [-0.3, -0.25) is 0 Å². The van der Waals surface area contributed by atoms with Crippen molar-refractivity contribution >= 4 is 17.8 Å². The van der Waals surface area contributed by atoms with Gasteiger partial charge in [0.15, 0.2) is 0 Å². The van der Waals surface area contributed by atoms with Gasteiger partial charge >= 0.3 is 0 Å². The number of rotatable bonds is 5. The Labute approximate surface area is 79.6 Å². The highest BCUT2D eigenvalue weighted by atomic mass is 35.5. The lowest BCUT2D eigenvalue weighted by Crippen LogP contribution is -1.83. The molecule has 0 unspecified atom stereocenters. The van der Waals surface area contributed by atoms with Crippen LogP contribution in [0.3, 0.4) is 0 Å². The number of nitrogens with one attached hydrogen (secondary N) is 1. The summed E-state index contributed by atoms with van der Waals surface area (Å²) in [5.41, 5.74) is 1.04. The molecule has 0 bridgehead atoms. The van der Waals surface area contributed by atoms with E-state index in [0.717, 1.165) is 29.9 Å². The molecule has 0 fully saturated rings. The quantitative estimate of drug-likeness (QED) is 0.496. The molecule has 12 heavy (non-hydrogen) atoms. The van der Waals surface area contributed by atoms with Gasteiger partial charge < -0.3 is 5.41 Å². The predicted molar refractivity (Wildman–Crippen MR) is 56.0 cm³/mol. The summed E-state index contributed by atoms with van der Waals surface area (Å²) in [6, 6.07) is 0. The molecule has 0 aromatic carbocycles. The lowest BCUT2D eigenvalue weighted by molar-refractivity contribution is 0.804. The summed E-state index contributed by atoms with van der Waals surface area (Å²) < 4.78 is 0. The second kappa shape index (κ2) is 7.11. The molecule has 0 amide bonds. The number of allylic oxidation sites excluding steroid dienone is 4. The zero-order valence-electron chi connectivity index (χ0n) is 7.73. The maximum absolute atomic E-state index is 7.12. The van der Waals surface area contributed by atoms with E-state index in [4.69, 9.17) is 17.0 Å². The summed E-state index contributed by atoms with van der Waals surface area (Å²) in [6.07, 6.45) is 8.40. The van der Waals surface area contributed by atoms with Crippen LogP contribution in [0.15, 0.2) is 22.8 Å². The van der Waals surface area contributed by atoms with E-state index in [9.17, 15) is 0 Å². The van der Waals surface area contributed by atoms with E-state index in [-0.39, 0.29) is 0 Å². The van der Waals surface area contributed by atoms with Crippen LogP contribution in [0, 0.1) is 5.41 Å². The van der Waals surface area contributed by atoms with E-state index in [1.54, 1.807) is 0 Å². The Morgan fingerprint density at radius 3 is 2.50 bits per heavy atom. The van der Waals surface area contributed by atoms with Gasteiger partial charge in [-0.05, 0) is 31.4 Å². The van der Waals surface area contributed by atoms with Crippen LogP contribution >= 0.6 is 11.6 Å². The van der Waals surface area contributed by atoms with Crippen LogP contribution in [0.2, 0.25) is 0 Å². The molecule has 0 atom stereocenters. The average Bonchev–Trinajstić information content (AvgIpc) is 2.05. The first-order valence-electron chi connectivity index (χ1n) is 4.24. The number of hydrogen-bond donors (Lipinski definition) is 1. The third-order valence-electron chi connectivity index (χ3n) is 1.53. The first-order chi connectivity index (χ1) is 5.70. The lowest BCUT2D eigenvalue weighted by Gasteiger charge is -1.96. The zero-order valence-corrected chi connectivity index (χ0v) is 8.49. The normalized spacial score (nSPS) is 13.2. The Balaban J connectivity index is 4.04. The molecule has 1 N–H and O–H groups in total. The van der Waals surface area contributed by atoms with Gasteiger partial charge in [-0.1, -0.05) is 31.0 Å². The van der Waals surface area contributed by atoms with Gasteiger partial charge in [-0.2, -0.15) is 0 Å². The van der Waals surface area contributed by atoms with E-state index in [1.165, 1.54) is 6.21 Å². The Morgan fingerprint density at radius 2 is 2.08 bits per heavy atom. The van der Waals surface area contributed by atoms with Crippen molar-refractivity contribution in [3.05, 3.63) is 22.8 Å². The third-order valence-corrected chi connectivity index (χ3v) is 1.66. The van der Waals surface area contributed by atoms with Gasteiger partial charge in [0.05, 0.1) is 0 Å². The standard InChI is InChI=1S/C10H16ClN/c1-3-4-5-10(8-12)7-6-9(2)11/h6-8,12H,3-5H2,1-2H3/b9-6+,10-7-,12-8?. The largest absolute Gasteiger partial charge is 0.308 e. The minimum atomic E-state index is 0.755. The van der Waals surface area contributed by atoms with Crippen LogP contribution in [0.1, 0.15) is 33.1 Å². The topological polar surface area (TPSA) is 23.9 Å².